The minimum absolute atomic E-state index is 0.0228. The van der Waals surface area contributed by atoms with E-state index >= 15 is 0 Å². The van der Waals surface area contributed by atoms with Gasteiger partial charge in [-0.1, -0.05) is 75.4 Å². The van der Waals surface area contributed by atoms with E-state index in [4.69, 9.17) is 4.74 Å². The van der Waals surface area contributed by atoms with Crippen LogP contribution in [0, 0.1) is 0 Å². The Balaban J connectivity index is 1.32. The Morgan fingerprint density at radius 3 is 2.05 bits per heavy atom. The number of anilines is 1. The monoisotopic (exact) mass is 505 g/mol. The molecule has 0 radical (unpaired) electrons. The summed E-state index contributed by atoms with van der Waals surface area (Å²) in [4.78, 5) is 25.2. The van der Waals surface area contributed by atoms with Gasteiger partial charge in [-0.25, -0.2) is 5.43 Å². The van der Waals surface area contributed by atoms with E-state index in [0.717, 1.165) is 16.7 Å². The molecule has 0 aliphatic carbocycles. The van der Waals surface area contributed by atoms with E-state index < -0.39 is 0 Å². The molecule has 6 nitrogen and oxygen atoms in total. The number of hydrogen-bond acceptors (Lipinski definition) is 4. The van der Waals surface area contributed by atoms with Gasteiger partial charge in [0.05, 0.1) is 6.21 Å². The summed E-state index contributed by atoms with van der Waals surface area (Å²) >= 11 is 0. The molecule has 4 aromatic carbocycles. The van der Waals surface area contributed by atoms with Crippen molar-refractivity contribution in [2.24, 2.45) is 5.10 Å². The highest BCUT2D eigenvalue weighted by Gasteiger charge is 2.14. The molecule has 192 valence electrons. The van der Waals surface area contributed by atoms with Crippen molar-refractivity contribution in [3.05, 3.63) is 131 Å². The van der Waals surface area contributed by atoms with Gasteiger partial charge in [-0.3, -0.25) is 9.59 Å². The van der Waals surface area contributed by atoms with Crippen molar-refractivity contribution in [1.82, 2.24) is 5.43 Å². The first-order chi connectivity index (χ1) is 18.3. The lowest BCUT2D eigenvalue weighted by atomic mass is 9.87. The van der Waals surface area contributed by atoms with Crippen molar-refractivity contribution in [3.8, 4) is 5.75 Å². The molecule has 0 fully saturated rings. The van der Waals surface area contributed by atoms with E-state index in [1.165, 1.54) is 0 Å². The topological polar surface area (TPSA) is 79.8 Å². The fourth-order valence-electron chi connectivity index (χ4n) is 3.71. The van der Waals surface area contributed by atoms with Crippen LogP contribution in [-0.2, 0) is 12.0 Å². The summed E-state index contributed by atoms with van der Waals surface area (Å²) in [5.41, 5.74) is 7.12. The summed E-state index contributed by atoms with van der Waals surface area (Å²) < 4.78 is 5.92. The lowest BCUT2D eigenvalue weighted by Crippen LogP contribution is -2.18. The number of hydrogen-bond donors (Lipinski definition) is 2. The van der Waals surface area contributed by atoms with Crippen LogP contribution in [0.15, 0.2) is 108 Å². The first-order valence-corrected chi connectivity index (χ1v) is 12.4. The standard InChI is InChI=1S/C32H31N3O3/c1-32(2,3)27-17-13-24(14-18-27)30(36)34-28-19-15-25(16-20-28)31(37)35-33-21-26-11-7-8-12-29(26)38-22-23-9-5-4-6-10-23/h4-21H,22H2,1-3H3,(H,34,36)(H,35,37). The number of amides is 2. The molecule has 0 aliphatic rings. The second-order valence-corrected chi connectivity index (χ2v) is 9.87. The van der Waals surface area contributed by atoms with Gasteiger partial charge < -0.3 is 10.1 Å². The average molecular weight is 506 g/mol. The van der Waals surface area contributed by atoms with E-state index in [0.29, 0.717) is 29.2 Å². The van der Waals surface area contributed by atoms with Crippen molar-refractivity contribution in [2.75, 3.05) is 5.32 Å². The molecule has 4 rings (SSSR count). The Kier molecular flexibility index (Phi) is 8.34. The third-order valence-corrected chi connectivity index (χ3v) is 5.94. The summed E-state index contributed by atoms with van der Waals surface area (Å²) in [5, 5.41) is 6.96. The van der Waals surface area contributed by atoms with Crippen molar-refractivity contribution >= 4 is 23.7 Å². The highest BCUT2D eigenvalue weighted by molar-refractivity contribution is 6.04. The van der Waals surface area contributed by atoms with E-state index in [1.807, 2.05) is 78.9 Å². The molecule has 2 N–H and O–H groups in total. The molecule has 0 atom stereocenters. The lowest BCUT2D eigenvalue weighted by Gasteiger charge is -2.19. The largest absolute Gasteiger partial charge is 0.488 e. The number of para-hydroxylation sites is 1. The molecular formula is C32H31N3O3. The van der Waals surface area contributed by atoms with Gasteiger partial charge in [0.2, 0.25) is 0 Å². The molecule has 0 aliphatic heterocycles. The quantitative estimate of drug-likeness (QED) is 0.210. The average Bonchev–Trinajstić information content (AvgIpc) is 2.93. The van der Waals surface area contributed by atoms with Gasteiger partial charge in [0.25, 0.3) is 11.8 Å². The van der Waals surface area contributed by atoms with E-state index in [2.05, 4.69) is 36.6 Å². The Hall–Kier alpha value is -4.71. The number of rotatable bonds is 8. The minimum atomic E-state index is -0.361. The zero-order valence-corrected chi connectivity index (χ0v) is 21.8. The maximum Gasteiger partial charge on any atom is 0.271 e. The highest BCUT2D eigenvalue weighted by atomic mass is 16.5. The molecule has 6 heteroatoms. The molecule has 2 amide bonds. The minimum Gasteiger partial charge on any atom is -0.488 e. The molecule has 0 saturated heterocycles. The van der Waals surface area contributed by atoms with Gasteiger partial charge in [0.15, 0.2) is 0 Å². The molecule has 0 unspecified atom stereocenters. The van der Waals surface area contributed by atoms with Gasteiger partial charge in [-0.15, -0.1) is 0 Å². The number of carbonyl (C=O) groups excluding carboxylic acids is 2. The summed E-state index contributed by atoms with van der Waals surface area (Å²) in [7, 11) is 0. The second kappa shape index (κ2) is 12.0. The molecule has 0 spiro atoms. The molecule has 0 bridgehead atoms. The predicted molar refractivity (Wildman–Crippen MR) is 152 cm³/mol. The molecule has 0 saturated carbocycles. The van der Waals surface area contributed by atoms with Gasteiger partial charge >= 0.3 is 0 Å². The van der Waals surface area contributed by atoms with Crippen molar-refractivity contribution in [2.45, 2.75) is 32.8 Å². The third kappa shape index (κ3) is 7.17. The first-order valence-electron chi connectivity index (χ1n) is 12.4. The molecule has 0 heterocycles. The number of hydrazone groups is 1. The number of nitrogens with zero attached hydrogens (tertiary/aromatic N) is 1. The fraction of sp³-hybridized carbons (Fsp3) is 0.156. The van der Waals surface area contributed by atoms with Crippen LogP contribution >= 0.6 is 0 Å². The summed E-state index contributed by atoms with van der Waals surface area (Å²) in [5.74, 6) is 0.0995. The van der Waals surface area contributed by atoms with Crippen LogP contribution < -0.4 is 15.5 Å². The number of benzene rings is 4. The summed E-state index contributed by atoms with van der Waals surface area (Å²) in [6.45, 7) is 6.83. The lowest BCUT2D eigenvalue weighted by molar-refractivity contribution is 0.0954. The van der Waals surface area contributed by atoms with Crippen LogP contribution in [0.3, 0.4) is 0 Å². The Bertz CT molecular complexity index is 1410. The zero-order chi connectivity index (χ0) is 27.0. The molecule has 4 aromatic rings. The first kappa shape index (κ1) is 26.4. The molecular weight excluding hydrogens is 474 g/mol. The van der Waals surface area contributed by atoms with Gasteiger partial charge in [0.1, 0.15) is 12.4 Å². The normalized spacial score (nSPS) is 11.2. The zero-order valence-electron chi connectivity index (χ0n) is 21.8. The Labute approximate surface area is 223 Å². The van der Waals surface area contributed by atoms with Crippen LogP contribution in [0.1, 0.15) is 58.2 Å². The van der Waals surface area contributed by atoms with E-state index in [-0.39, 0.29) is 17.2 Å². The van der Waals surface area contributed by atoms with Gasteiger partial charge in [0, 0.05) is 22.4 Å². The van der Waals surface area contributed by atoms with E-state index in [9.17, 15) is 9.59 Å². The SMILES string of the molecule is CC(C)(C)c1ccc(C(=O)Nc2ccc(C(=O)NN=Cc3ccccc3OCc3ccccc3)cc2)cc1. The summed E-state index contributed by atoms with van der Waals surface area (Å²) in [6, 6.07) is 31.6. The van der Waals surface area contributed by atoms with Crippen LogP contribution in [0.4, 0.5) is 5.69 Å². The van der Waals surface area contributed by atoms with Crippen molar-refractivity contribution in [3.63, 3.8) is 0 Å². The van der Waals surface area contributed by atoms with Gasteiger partial charge in [-0.05, 0) is 65.1 Å². The van der Waals surface area contributed by atoms with Crippen LogP contribution in [0.2, 0.25) is 0 Å². The second-order valence-electron chi connectivity index (χ2n) is 9.87. The van der Waals surface area contributed by atoms with Gasteiger partial charge in [-0.2, -0.15) is 5.10 Å². The van der Waals surface area contributed by atoms with Crippen LogP contribution in [0.25, 0.3) is 0 Å². The Morgan fingerprint density at radius 1 is 0.763 bits per heavy atom. The predicted octanol–water partition coefficient (Wildman–Crippen LogP) is 6.58. The summed E-state index contributed by atoms with van der Waals surface area (Å²) in [6.07, 6.45) is 1.55. The molecule has 0 aromatic heterocycles. The maximum atomic E-state index is 12.6. The third-order valence-electron chi connectivity index (χ3n) is 5.94. The van der Waals surface area contributed by atoms with E-state index in [1.54, 1.807) is 30.5 Å². The van der Waals surface area contributed by atoms with Crippen LogP contribution in [0.5, 0.6) is 5.75 Å². The van der Waals surface area contributed by atoms with Crippen molar-refractivity contribution < 1.29 is 14.3 Å². The fourth-order valence-corrected chi connectivity index (χ4v) is 3.71. The van der Waals surface area contributed by atoms with Crippen LogP contribution in [-0.4, -0.2) is 18.0 Å². The Morgan fingerprint density at radius 2 is 1.37 bits per heavy atom. The molecule has 38 heavy (non-hydrogen) atoms. The number of ether oxygens (including phenoxy) is 1. The number of carbonyl (C=O) groups is 2. The highest BCUT2D eigenvalue weighted by Crippen LogP contribution is 2.22. The smallest absolute Gasteiger partial charge is 0.271 e. The maximum absolute atomic E-state index is 12.6. The van der Waals surface area contributed by atoms with Crippen molar-refractivity contribution in [1.29, 1.82) is 0 Å². The number of nitrogens with one attached hydrogen (secondary N) is 2.